The van der Waals surface area contributed by atoms with Gasteiger partial charge in [-0.2, -0.15) is 9.61 Å². The molecule has 0 radical (unpaired) electrons. The predicted octanol–water partition coefficient (Wildman–Crippen LogP) is 2.22. The van der Waals surface area contributed by atoms with Gasteiger partial charge >= 0.3 is 0 Å². The van der Waals surface area contributed by atoms with Gasteiger partial charge in [0.25, 0.3) is 0 Å². The van der Waals surface area contributed by atoms with E-state index in [1.807, 2.05) is 4.52 Å². The zero-order valence-electron chi connectivity index (χ0n) is 11.0. The van der Waals surface area contributed by atoms with Crippen LogP contribution in [0.4, 0.5) is 0 Å². The van der Waals surface area contributed by atoms with Crippen molar-refractivity contribution in [2.75, 3.05) is 6.54 Å². The van der Waals surface area contributed by atoms with Crippen LogP contribution < -0.4 is 5.73 Å². The predicted molar refractivity (Wildman–Crippen MR) is 74.5 cm³/mol. The van der Waals surface area contributed by atoms with Crippen LogP contribution in [0.5, 0.6) is 0 Å². The number of aromatic nitrogens is 4. The van der Waals surface area contributed by atoms with E-state index in [0.29, 0.717) is 12.5 Å². The first-order valence-electron chi connectivity index (χ1n) is 7.25. The Balaban J connectivity index is 1.72. The fraction of sp³-hybridized carbons (Fsp3) is 0.769. The van der Waals surface area contributed by atoms with Crippen molar-refractivity contribution in [3.05, 3.63) is 10.8 Å². The minimum Gasteiger partial charge on any atom is -0.329 e. The number of rotatable bonds is 3. The van der Waals surface area contributed by atoms with Crippen LogP contribution in [-0.4, -0.2) is 26.4 Å². The molecule has 0 bridgehead atoms. The van der Waals surface area contributed by atoms with E-state index >= 15 is 0 Å². The first kappa shape index (κ1) is 11.8. The molecule has 19 heavy (non-hydrogen) atoms. The molecule has 0 aliphatic heterocycles. The summed E-state index contributed by atoms with van der Waals surface area (Å²) in [4.78, 5) is 0.940. The summed E-state index contributed by atoms with van der Waals surface area (Å²) >= 11 is 1.67. The van der Waals surface area contributed by atoms with E-state index in [1.165, 1.54) is 44.9 Å². The summed E-state index contributed by atoms with van der Waals surface area (Å²) < 4.78 is 1.99. The summed E-state index contributed by atoms with van der Waals surface area (Å²) in [5.41, 5.74) is 6.06. The molecule has 102 valence electrons. The highest BCUT2D eigenvalue weighted by Crippen LogP contribution is 2.48. The number of hydrogen-bond donors (Lipinski definition) is 1. The summed E-state index contributed by atoms with van der Waals surface area (Å²) in [6, 6.07) is 0. The van der Waals surface area contributed by atoms with Gasteiger partial charge in [-0.05, 0) is 25.7 Å². The highest BCUT2D eigenvalue weighted by molar-refractivity contribution is 7.16. The van der Waals surface area contributed by atoms with Gasteiger partial charge in [0.1, 0.15) is 5.01 Å². The van der Waals surface area contributed by atoms with Crippen LogP contribution in [0.15, 0.2) is 0 Å². The maximum atomic E-state index is 5.89. The lowest BCUT2D eigenvalue weighted by Crippen LogP contribution is -2.20. The Morgan fingerprint density at radius 3 is 2.68 bits per heavy atom. The Hall–Kier alpha value is -1.01. The van der Waals surface area contributed by atoms with E-state index in [1.54, 1.807) is 11.3 Å². The van der Waals surface area contributed by atoms with Crippen LogP contribution in [0.1, 0.15) is 61.7 Å². The second kappa shape index (κ2) is 4.24. The van der Waals surface area contributed by atoms with E-state index < -0.39 is 0 Å². The normalized spacial score (nSPS) is 23.0. The smallest absolute Gasteiger partial charge is 0.234 e. The van der Waals surface area contributed by atoms with Crippen molar-refractivity contribution < 1.29 is 0 Å². The molecule has 4 rings (SSSR count). The van der Waals surface area contributed by atoms with Crippen molar-refractivity contribution in [1.82, 2.24) is 19.8 Å². The second-order valence-electron chi connectivity index (χ2n) is 5.98. The van der Waals surface area contributed by atoms with E-state index in [2.05, 4.69) is 10.2 Å². The Labute approximate surface area is 116 Å². The summed E-state index contributed by atoms with van der Waals surface area (Å²) in [7, 11) is 0. The highest BCUT2D eigenvalue weighted by atomic mass is 32.1. The van der Waals surface area contributed by atoms with E-state index in [-0.39, 0.29) is 5.41 Å². The van der Waals surface area contributed by atoms with Crippen LogP contribution in [0.3, 0.4) is 0 Å². The standard InChI is InChI=1S/C13H19N5S/c14-8-13(6-7-13)11-17-18-10(15-16-12(18)19-11)9-4-2-1-3-5-9/h9H,1-8,14H2. The molecule has 2 aromatic rings. The van der Waals surface area contributed by atoms with Crippen LogP contribution in [0, 0.1) is 0 Å². The largest absolute Gasteiger partial charge is 0.329 e. The maximum Gasteiger partial charge on any atom is 0.234 e. The van der Waals surface area contributed by atoms with Crippen molar-refractivity contribution in [1.29, 1.82) is 0 Å². The first-order chi connectivity index (χ1) is 9.32. The molecular weight excluding hydrogens is 258 g/mol. The van der Waals surface area contributed by atoms with Crippen molar-refractivity contribution in [2.24, 2.45) is 5.73 Å². The van der Waals surface area contributed by atoms with Crippen molar-refractivity contribution in [2.45, 2.75) is 56.3 Å². The minimum atomic E-state index is 0.162. The average molecular weight is 277 g/mol. The van der Waals surface area contributed by atoms with Crippen LogP contribution in [0.2, 0.25) is 0 Å². The molecule has 0 unspecified atom stereocenters. The fourth-order valence-corrected chi connectivity index (χ4v) is 4.22. The molecule has 0 aromatic carbocycles. The van der Waals surface area contributed by atoms with Gasteiger partial charge in [-0.15, -0.1) is 10.2 Å². The Kier molecular flexibility index (Phi) is 2.63. The highest BCUT2D eigenvalue weighted by Gasteiger charge is 2.46. The Morgan fingerprint density at radius 1 is 1.21 bits per heavy atom. The quantitative estimate of drug-likeness (QED) is 0.934. The molecule has 2 fully saturated rings. The summed E-state index contributed by atoms with van der Waals surface area (Å²) in [6.45, 7) is 0.704. The number of nitrogens with two attached hydrogens (primary N) is 1. The molecule has 5 nitrogen and oxygen atoms in total. The lowest BCUT2D eigenvalue weighted by molar-refractivity contribution is 0.422. The number of hydrogen-bond acceptors (Lipinski definition) is 5. The van der Waals surface area contributed by atoms with Gasteiger partial charge in [-0.3, -0.25) is 0 Å². The van der Waals surface area contributed by atoms with E-state index in [4.69, 9.17) is 10.8 Å². The molecule has 2 heterocycles. The first-order valence-corrected chi connectivity index (χ1v) is 8.07. The topological polar surface area (TPSA) is 69.1 Å². The molecule has 0 atom stereocenters. The van der Waals surface area contributed by atoms with Gasteiger partial charge in [0, 0.05) is 17.9 Å². The van der Waals surface area contributed by atoms with Crippen LogP contribution in [-0.2, 0) is 5.41 Å². The summed E-state index contributed by atoms with van der Waals surface area (Å²) in [5.74, 6) is 1.62. The third-order valence-electron chi connectivity index (χ3n) is 4.68. The molecule has 2 aliphatic rings. The SMILES string of the molecule is NCC1(c2nn3c(C4CCCCC4)nnc3s2)CC1. The fourth-order valence-electron chi connectivity index (χ4n) is 3.12. The Bertz CT molecular complexity index is 591. The second-order valence-corrected chi connectivity index (χ2v) is 6.94. The lowest BCUT2D eigenvalue weighted by atomic mass is 9.89. The van der Waals surface area contributed by atoms with Crippen molar-refractivity contribution in [3.63, 3.8) is 0 Å². The third-order valence-corrected chi connectivity index (χ3v) is 5.83. The number of fused-ring (bicyclic) bond motifs is 1. The summed E-state index contributed by atoms with van der Waals surface area (Å²) in [5, 5.41) is 14.6. The van der Waals surface area contributed by atoms with E-state index in [9.17, 15) is 0 Å². The van der Waals surface area contributed by atoms with Crippen LogP contribution >= 0.6 is 11.3 Å². The molecule has 0 spiro atoms. The van der Waals surface area contributed by atoms with Gasteiger partial charge in [0.15, 0.2) is 5.82 Å². The molecule has 2 aromatic heterocycles. The van der Waals surface area contributed by atoms with E-state index in [0.717, 1.165) is 15.8 Å². The average Bonchev–Trinajstić information content (AvgIpc) is 2.98. The monoisotopic (exact) mass is 277 g/mol. The Morgan fingerprint density at radius 2 is 2.00 bits per heavy atom. The van der Waals surface area contributed by atoms with Crippen LogP contribution in [0.25, 0.3) is 4.96 Å². The molecule has 6 heteroatoms. The zero-order chi connectivity index (χ0) is 12.9. The molecule has 0 saturated heterocycles. The van der Waals surface area contributed by atoms with Gasteiger partial charge in [-0.25, -0.2) is 0 Å². The zero-order valence-corrected chi connectivity index (χ0v) is 11.8. The lowest BCUT2D eigenvalue weighted by Gasteiger charge is -2.18. The molecule has 2 N–H and O–H groups in total. The molecule has 2 aliphatic carbocycles. The molecule has 2 saturated carbocycles. The molecule has 0 amide bonds. The van der Waals surface area contributed by atoms with Crippen molar-refractivity contribution in [3.8, 4) is 0 Å². The molecular formula is C13H19N5S. The summed E-state index contributed by atoms with van der Waals surface area (Å²) in [6.07, 6.45) is 8.79. The third kappa shape index (κ3) is 1.80. The van der Waals surface area contributed by atoms with Crippen molar-refractivity contribution >= 4 is 16.3 Å². The number of nitrogens with zero attached hydrogens (tertiary/aromatic N) is 4. The van der Waals surface area contributed by atoms with Gasteiger partial charge in [-0.1, -0.05) is 30.6 Å². The van der Waals surface area contributed by atoms with Gasteiger partial charge in [0.05, 0.1) is 0 Å². The van der Waals surface area contributed by atoms with Gasteiger partial charge in [0.2, 0.25) is 4.96 Å². The minimum absolute atomic E-state index is 0.162. The maximum absolute atomic E-state index is 5.89. The van der Waals surface area contributed by atoms with Gasteiger partial charge < -0.3 is 5.73 Å².